The third-order valence-corrected chi connectivity index (χ3v) is 8.84. The number of carbonyl (C=O) groups is 3. The summed E-state index contributed by atoms with van der Waals surface area (Å²) in [5.41, 5.74) is 2.12. The van der Waals surface area contributed by atoms with Crippen LogP contribution < -0.4 is 19.5 Å². The number of ether oxygens (including phenoxy) is 3. The summed E-state index contributed by atoms with van der Waals surface area (Å²) in [4.78, 5) is 40.9. The van der Waals surface area contributed by atoms with Gasteiger partial charge in [-0.3, -0.25) is 14.4 Å². The van der Waals surface area contributed by atoms with Crippen molar-refractivity contribution in [1.29, 1.82) is 0 Å². The lowest BCUT2D eigenvalue weighted by Crippen LogP contribution is -2.56. The Bertz CT molecular complexity index is 1370. The number of para-hydroxylation sites is 1. The minimum Gasteiger partial charge on any atom is -0.496 e. The van der Waals surface area contributed by atoms with Crippen LogP contribution in [-0.4, -0.2) is 85.4 Å². The molecule has 43 heavy (non-hydrogen) atoms. The van der Waals surface area contributed by atoms with Crippen LogP contribution in [0.1, 0.15) is 59.5 Å². The molecule has 1 aliphatic heterocycles. The first-order valence-corrected chi connectivity index (χ1v) is 14.9. The lowest BCUT2D eigenvalue weighted by molar-refractivity contribution is -0.138. The zero-order valence-electron chi connectivity index (χ0n) is 24.7. The fourth-order valence-electron chi connectivity index (χ4n) is 6.73. The molecule has 10 nitrogen and oxygen atoms in total. The molecule has 3 N–H and O–H groups in total. The summed E-state index contributed by atoms with van der Waals surface area (Å²) in [5.74, 6) is 0.411. The SMILES string of the molecule is COc1ccccc1CCN(C(=O)CC1CCCC1)[C@@H]1C=C(C(=O)NCCO)[C@@H]2c3cc(C=O)cc(OC)c3O[C@@H]2[C@H]1O. The average molecular weight is 593 g/mol. The fraction of sp³-hybridized carbons (Fsp3) is 0.485. The largest absolute Gasteiger partial charge is 0.496 e. The molecule has 4 atom stereocenters. The Hall–Kier alpha value is -3.89. The second kappa shape index (κ2) is 13.6. The van der Waals surface area contributed by atoms with Gasteiger partial charge in [0.2, 0.25) is 11.8 Å². The van der Waals surface area contributed by atoms with Crippen molar-refractivity contribution in [3.05, 3.63) is 64.7 Å². The Kier molecular flexibility index (Phi) is 9.67. The van der Waals surface area contributed by atoms with E-state index in [0.717, 1.165) is 31.2 Å². The predicted octanol–water partition coefficient (Wildman–Crippen LogP) is 2.79. The van der Waals surface area contributed by atoms with Crippen LogP contribution in [-0.2, 0) is 16.0 Å². The first-order valence-electron chi connectivity index (χ1n) is 14.9. The summed E-state index contributed by atoms with van der Waals surface area (Å²) in [6, 6.07) is 9.95. The van der Waals surface area contributed by atoms with Crippen LogP contribution in [0.2, 0.25) is 0 Å². The molecule has 10 heteroatoms. The molecule has 2 amide bonds. The van der Waals surface area contributed by atoms with Crippen molar-refractivity contribution in [2.45, 2.75) is 62.7 Å². The van der Waals surface area contributed by atoms with Crippen LogP contribution in [0, 0.1) is 5.92 Å². The van der Waals surface area contributed by atoms with Crippen LogP contribution in [0.3, 0.4) is 0 Å². The van der Waals surface area contributed by atoms with E-state index in [1.807, 2.05) is 24.3 Å². The molecular weight excluding hydrogens is 552 g/mol. The van der Waals surface area contributed by atoms with E-state index in [-0.39, 0.29) is 25.0 Å². The molecule has 1 fully saturated rings. The number of rotatable bonds is 12. The molecule has 2 aromatic rings. The van der Waals surface area contributed by atoms with Crippen LogP contribution >= 0.6 is 0 Å². The fourth-order valence-corrected chi connectivity index (χ4v) is 6.73. The second-order valence-corrected chi connectivity index (χ2v) is 11.4. The summed E-state index contributed by atoms with van der Waals surface area (Å²) in [7, 11) is 3.06. The molecule has 2 aliphatic carbocycles. The lowest BCUT2D eigenvalue weighted by atomic mass is 9.77. The van der Waals surface area contributed by atoms with Gasteiger partial charge in [-0.15, -0.1) is 0 Å². The van der Waals surface area contributed by atoms with E-state index in [1.54, 1.807) is 30.2 Å². The van der Waals surface area contributed by atoms with Crippen molar-refractivity contribution in [2.24, 2.45) is 5.92 Å². The van der Waals surface area contributed by atoms with Gasteiger partial charge in [0, 0.05) is 36.2 Å². The number of benzene rings is 2. The highest BCUT2D eigenvalue weighted by molar-refractivity contribution is 5.96. The van der Waals surface area contributed by atoms with Gasteiger partial charge in [0.15, 0.2) is 11.5 Å². The Morgan fingerprint density at radius 3 is 2.56 bits per heavy atom. The number of fused-ring (bicyclic) bond motifs is 3. The lowest BCUT2D eigenvalue weighted by Gasteiger charge is -2.41. The number of aliphatic hydroxyl groups is 2. The Labute approximate surface area is 251 Å². The van der Waals surface area contributed by atoms with Crippen molar-refractivity contribution < 1.29 is 38.8 Å². The molecule has 1 saturated carbocycles. The normalized spacial score (nSPS) is 22.6. The van der Waals surface area contributed by atoms with Crippen LogP contribution in [0.4, 0.5) is 0 Å². The summed E-state index contributed by atoms with van der Waals surface area (Å²) >= 11 is 0. The standard InChI is InChI=1S/C33H40N2O8/c1-41-26-10-6-5-9-22(26)11-13-35(28(38)17-20-7-3-4-8-20)25-18-24(33(40)34-12-14-36)29-23-15-21(19-37)16-27(42-2)31(23)43-32(29)30(25)39/h5-6,9-10,15-16,18-20,25,29-30,32,36,39H,3-4,7-8,11-14,17H2,1-2H3,(H,34,40)/t25-,29+,30+,32+/m1/s1. The molecule has 0 spiro atoms. The van der Waals surface area contributed by atoms with Crippen LogP contribution in [0.15, 0.2) is 48.0 Å². The van der Waals surface area contributed by atoms with E-state index < -0.39 is 30.1 Å². The second-order valence-electron chi connectivity index (χ2n) is 11.4. The zero-order valence-corrected chi connectivity index (χ0v) is 24.7. The van der Waals surface area contributed by atoms with E-state index in [2.05, 4.69) is 5.32 Å². The highest BCUT2D eigenvalue weighted by atomic mass is 16.5. The molecule has 230 valence electrons. The van der Waals surface area contributed by atoms with Gasteiger partial charge < -0.3 is 34.6 Å². The summed E-state index contributed by atoms with van der Waals surface area (Å²) in [6.45, 7) is 0.0727. The van der Waals surface area contributed by atoms with E-state index in [0.29, 0.717) is 59.6 Å². The molecule has 0 unspecified atom stereocenters. The van der Waals surface area contributed by atoms with Crippen molar-refractivity contribution in [1.82, 2.24) is 10.2 Å². The quantitative estimate of drug-likeness (QED) is 0.321. The number of nitrogens with zero attached hydrogens (tertiary/aromatic N) is 1. The molecule has 0 saturated heterocycles. The number of aliphatic hydroxyl groups excluding tert-OH is 2. The molecule has 5 rings (SSSR count). The maximum absolute atomic E-state index is 14.0. The van der Waals surface area contributed by atoms with Gasteiger partial charge in [-0.05, 0) is 55.0 Å². The van der Waals surface area contributed by atoms with Gasteiger partial charge in [0.05, 0.1) is 32.8 Å². The molecule has 2 aromatic carbocycles. The van der Waals surface area contributed by atoms with Crippen molar-refractivity contribution in [2.75, 3.05) is 33.9 Å². The minimum atomic E-state index is -1.18. The monoisotopic (exact) mass is 592 g/mol. The van der Waals surface area contributed by atoms with Crippen LogP contribution in [0.5, 0.6) is 17.2 Å². The van der Waals surface area contributed by atoms with E-state index in [1.165, 1.54) is 7.11 Å². The van der Waals surface area contributed by atoms with E-state index in [4.69, 9.17) is 14.2 Å². The van der Waals surface area contributed by atoms with Gasteiger partial charge >= 0.3 is 0 Å². The van der Waals surface area contributed by atoms with E-state index >= 15 is 0 Å². The number of hydrogen-bond donors (Lipinski definition) is 3. The third kappa shape index (κ3) is 6.26. The van der Waals surface area contributed by atoms with Gasteiger partial charge in [0.1, 0.15) is 24.2 Å². The first-order chi connectivity index (χ1) is 20.9. The van der Waals surface area contributed by atoms with Gasteiger partial charge in [-0.2, -0.15) is 0 Å². The Balaban J connectivity index is 1.55. The number of methoxy groups -OCH3 is 2. The Morgan fingerprint density at radius 1 is 1.12 bits per heavy atom. The topological polar surface area (TPSA) is 135 Å². The highest BCUT2D eigenvalue weighted by Crippen LogP contribution is 2.51. The van der Waals surface area contributed by atoms with Crippen LogP contribution in [0.25, 0.3) is 0 Å². The average Bonchev–Trinajstić information content (AvgIpc) is 3.68. The molecular formula is C33H40N2O8. The summed E-state index contributed by atoms with van der Waals surface area (Å²) in [6.07, 6.45) is 5.28. The minimum absolute atomic E-state index is 0.0321. The Morgan fingerprint density at radius 2 is 1.86 bits per heavy atom. The van der Waals surface area contributed by atoms with Crippen molar-refractivity contribution >= 4 is 18.1 Å². The maximum Gasteiger partial charge on any atom is 0.247 e. The predicted molar refractivity (Wildman–Crippen MR) is 158 cm³/mol. The number of aldehydes is 1. The third-order valence-electron chi connectivity index (χ3n) is 8.84. The van der Waals surface area contributed by atoms with Gasteiger partial charge in [-0.25, -0.2) is 0 Å². The number of amides is 2. The molecule has 0 radical (unpaired) electrons. The number of carbonyl (C=O) groups excluding carboxylic acids is 3. The first kappa shape index (κ1) is 30.6. The maximum atomic E-state index is 14.0. The highest BCUT2D eigenvalue weighted by Gasteiger charge is 2.51. The zero-order chi connectivity index (χ0) is 30.5. The molecule has 3 aliphatic rings. The summed E-state index contributed by atoms with van der Waals surface area (Å²) < 4.78 is 17.3. The van der Waals surface area contributed by atoms with Gasteiger partial charge in [-0.1, -0.05) is 31.0 Å². The number of hydrogen-bond acceptors (Lipinski definition) is 8. The van der Waals surface area contributed by atoms with Crippen molar-refractivity contribution in [3.63, 3.8) is 0 Å². The van der Waals surface area contributed by atoms with E-state index in [9.17, 15) is 24.6 Å². The smallest absolute Gasteiger partial charge is 0.247 e. The molecule has 0 aromatic heterocycles. The van der Waals surface area contributed by atoms with Crippen molar-refractivity contribution in [3.8, 4) is 17.2 Å². The molecule has 1 heterocycles. The van der Waals surface area contributed by atoms with Gasteiger partial charge in [0.25, 0.3) is 0 Å². The summed E-state index contributed by atoms with van der Waals surface area (Å²) in [5, 5.41) is 24.0. The number of nitrogens with one attached hydrogen (secondary N) is 1. The molecule has 0 bridgehead atoms.